The first-order valence-electron chi connectivity index (χ1n) is 4.59. The Kier molecular flexibility index (Phi) is 3.41. The Morgan fingerprint density at radius 3 is 2.64 bits per heavy atom. The van der Waals surface area contributed by atoms with E-state index in [1.54, 1.807) is 13.0 Å². The quantitative estimate of drug-likeness (QED) is 0.659. The SMILES string of the molecule is C=Cc1cccc(C(C)=O)c1/C=C\C. The van der Waals surface area contributed by atoms with Crippen molar-refractivity contribution in [1.82, 2.24) is 0 Å². The van der Waals surface area contributed by atoms with Gasteiger partial charge in [-0.05, 0) is 25.0 Å². The van der Waals surface area contributed by atoms with Crippen molar-refractivity contribution < 1.29 is 4.79 Å². The second-order valence-electron chi connectivity index (χ2n) is 3.07. The molecule has 0 aromatic heterocycles. The summed E-state index contributed by atoms with van der Waals surface area (Å²) in [6.45, 7) is 7.24. The number of hydrogen-bond donors (Lipinski definition) is 0. The molecule has 0 unspecified atom stereocenters. The van der Waals surface area contributed by atoms with E-state index in [1.807, 2.05) is 37.3 Å². The summed E-state index contributed by atoms with van der Waals surface area (Å²) in [4.78, 5) is 11.3. The molecule has 0 bridgehead atoms. The third-order valence-corrected chi connectivity index (χ3v) is 2.07. The van der Waals surface area contributed by atoms with E-state index >= 15 is 0 Å². The lowest BCUT2D eigenvalue weighted by molar-refractivity contribution is 0.101. The van der Waals surface area contributed by atoms with Gasteiger partial charge in [-0.25, -0.2) is 0 Å². The van der Waals surface area contributed by atoms with Crippen LogP contribution in [-0.2, 0) is 0 Å². The highest BCUT2D eigenvalue weighted by Gasteiger charge is 2.06. The molecule has 0 aliphatic heterocycles. The highest BCUT2D eigenvalue weighted by atomic mass is 16.1. The van der Waals surface area contributed by atoms with Crippen molar-refractivity contribution in [3.8, 4) is 0 Å². The Hall–Kier alpha value is -1.63. The van der Waals surface area contributed by atoms with E-state index < -0.39 is 0 Å². The highest BCUT2D eigenvalue weighted by Crippen LogP contribution is 2.18. The summed E-state index contributed by atoms with van der Waals surface area (Å²) < 4.78 is 0. The molecule has 72 valence electrons. The third-order valence-electron chi connectivity index (χ3n) is 2.07. The van der Waals surface area contributed by atoms with Crippen LogP contribution in [0.2, 0.25) is 0 Å². The number of Topliss-reactive ketones (excluding diaryl/α,β-unsaturated/α-hetero) is 1. The van der Waals surface area contributed by atoms with Crippen molar-refractivity contribution in [2.75, 3.05) is 0 Å². The number of carbonyl (C=O) groups excluding carboxylic acids is 1. The molecule has 0 saturated heterocycles. The van der Waals surface area contributed by atoms with E-state index in [0.29, 0.717) is 0 Å². The molecule has 0 amide bonds. The number of hydrogen-bond acceptors (Lipinski definition) is 1. The molecule has 0 spiro atoms. The van der Waals surface area contributed by atoms with Gasteiger partial charge in [-0.1, -0.05) is 43.0 Å². The molecule has 0 saturated carbocycles. The van der Waals surface area contributed by atoms with Crippen LogP contribution in [0.3, 0.4) is 0 Å². The molecule has 0 heterocycles. The Bertz CT molecular complexity index is 386. The van der Waals surface area contributed by atoms with Gasteiger partial charge >= 0.3 is 0 Å². The summed E-state index contributed by atoms with van der Waals surface area (Å²) in [6.07, 6.45) is 5.63. The number of carbonyl (C=O) groups is 1. The fraction of sp³-hybridized carbons (Fsp3) is 0.154. The van der Waals surface area contributed by atoms with Crippen LogP contribution in [0.15, 0.2) is 30.9 Å². The number of ketones is 1. The van der Waals surface area contributed by atoms with Crippen LogP contribution in [0.1, 0.15) is 35.3 Å². The maximum atomic E-state index is 11.3. The molecular formula is C13H14O. The molecule has 1 heteroatoms. The monoisotopic (exact) mass is 186 g/mol. The molecule has 14 heavy (non-hydrogen) atoms. The zero-order valence-corrected chi connectivity index (χ0v) is 8.58. The number of rotatable bonds is 3. The molecule has 0 atom stereocenters. The Morgan fingerprint density at radius 1 is 1.43 bits per heavy atom. The minimum atomic E-state index is 0.0850. The minimum absolute atomic E-state index is 0.0850. The summed E-state index contributed by atoms with van der Waals surface area (Å²) in [5.74, 6) is 0.0850. The van der Waals surface area contributed by atoms with Crippen molar-refractivity contribution in [2.45, 2.75) is 13.8 Å². The van der Waals surface area contributed by atoms with Gasteiger partial charge in [0.25, 0.3) is 0 Å². The summed E-state index contributed by atoms with van der Waals surface area (Å²) in [5.41, 5.74) is 2.70. The largest absolute Gasteiger partial charge is 0.294 e. The molecular weight excluding hydrogens is 172 g/mol. The Balaban J connectivity index is 3.42. The maximum absolute atomic E-state index is 11.3. The van der Waals surface area contributed by atoms with Crippen molar-refractivity contribution in [2.24, 2.45) is 0 Å². The highest BCUT2D eigenvalue weighted by molar-refractivity contribution is 5.98. The molecule has 0 N–H and O–H groups in total. The molecule has 0 aliphatic carbocycles. The second-order valence-corrected chi connectivity index (χ2v) is 3.07. The minimum Gasteiger partial charge on any atom is -0.294 e. The molecule has 1 nitrogen and oxygen atoms in total. The van der Waals surface area contributed by atoms with E-state index in [2.05, 4.69) is 6.58 Å². The molecule has 1 aromatic carbocycles. The van der Waals surface area contributed by atoms with Crippen LogP contribution in [0.4, 0.5) is 0 Å². The van der Waals surface area contributed by atoms with Crippen molar-refractivity contribution in [3.63, 3.8) is 0 Å². The topological polar surface area (TPSA) is 17.1 Å². The average molecular weight is 186 g/mol. The predicted molar refractivity (Wildman–Crippen MR) is 61.2 cm³/mol. The fourth-order valence-corrected chi connectivity index (χ4v) is 1.42. The van der Waals surface area contributed by atoms with Crippen LogP contribution in [0.5, 0.6) is 0 Å². The summed E-state index contributed by atoms with van der Waals surface area (Å²) in [7, 11) is 0. The Morgan fingerprint density at radius 2 is 2.14 bits per heavy atom. The van der Waals surface area contributed by atoms with Crippen LogP contribution in [-0.4, -0.2) is 5.78 Å². The van der Waals surface area contributed by atoms with Gasteiger partial charge in [0.05, 0.1) is 0 Å². The van der Waals surface area contributed by atoms with Crippen molar-refractivity contribution in [1.29, 1.82) is 0 Å². The van der Waals surface area contributed by atoms with Gasteiger partial charge in [-0.15, -0.1) is 0 Å². The molecule has 1 aromatic rings. The zero-order valence-electron chi connectivity index (χ0n) is 8.58. The molecule has 1 rings (SSSR count). The second kappa shape index (κ2) is 4.56. The van der Waals surface area contributed by atoms with Crippen LogP contribution >= 0.6 is 0 Å². The Labute approximate surface area is 84.8 Å². The average Bonchev–Trinajstić information content (AvgIpc) is 2.18. The lowest BCUT2D eigenvalue weighted by Crippen LogP contribution is -1.97. The van der Waals surface area contributed by atoms with E-state index in [-0.39, 0.29) is 5.78 Å². The van der Waals surface area contributed by atoms with Gasteiger partial charge in [0.15, 0.2) is 5.78 Å². The van der Waals surface area contributed by atoms with E-state index in [1.165, 1.54) is 0 Å². The predicted octanol–water partition coefficient (Wildman–Crippen LogP) is 3.57. The summed E-state index contributed by atoms with van der Waals surface area (Å²) >= 11 is 0. The maximum Gasteiger partial charge on any atom is 0.160 e. The third kappa shape index (κ3) is 1.99. The van der Waals surface area contributed by atoms with E-state index in [9.17, 15) is 4.79 Å². The van der Waals surface area contributed by atoms with Crippen molar-refractivity contribution in [3.05, 3.63) is 47.5 Å². The summed E-state index contributed by atoms with van der Waals surface area (Å²) in [6, 6.07) is 5.67. The first-order valence-corrected chi connectivity index (χ1v) is 4.59. The van der Waals surface area contributed by atoms with Crippen LogP contribution in [0.25, 0.3) is 12.2 Å². The first kappa shape index (κ1) is 10.5. The zero-order chi connectivity index (χ0) is 10.6. The van der Waals surface area contributed by atoms with Gasteiger partial charge in [0, 0.05) is 5.56 Å². The van der Waals surface area contributed by atoms with Crippen LogP contribution < -0.4 is 0 Å². The van der Waals surface area contributed by atoms with E-state index in [0.717, 1.165) is 16.7 Å². The van der Waals surface area contributed by atoms with Crippen LogP contribution in [0, 0.1) is 0 Å². The van der Waals surface area contributed by atoms with E-state index in [4.69, 9.17) is 0 Å². The normalized spacial score (nSPS) is 10.4. The number of allylic oxidation sites excluding steroid dienone is 1. The van der Waals surface area contributed by atoms with Crippen molar-refractivity contribution >= 4 is 17.9 Å². The fourth-order valence-electron chi connectivity index (χ4n) is 1.42. The number of benzene rings is 1. The van der Waals surface area contributed by atoms with Gasteiger partial charge in [-0.3, -0.25) is 4.79 Å². The molecule has 0 aliphatic rings. The van der Waals surface area contributed by atoms with Gasteiger partial charge in [0.2, 0.25) is 0 Å². The standard InChI is InChI=1S/C13H14O/c1-4-7-13-11(5-2)8-6-9-12(13)10(3)14/h4-9H,2H2,1,3H3/b7-4-. The lowest BCUT2D eigenvalue weighted by Gasteiger charge is -2.05. The first-order chi connectivity index (χ1) is 6.70. The lowest BCUT2D eigenvalue weighted by atomic mass is 9.98. The summed E-state index contributed by atoms with van der Waals surface area (Å²) in [5, 5.41) is 0. The molecule has 0 radical (unpaired) electrons. The molecule has 0 fully saturated rings. The van der Waals surface area contributed by atoms with Gasteiger partial charge in [-0.2, -0.15) is 0 Å². The van der Waals surface area contributed by atoms with Gasteiger partial charge in [0.1, 0.15) is 0 Å². The smallest absolute Gasteiger partial charge is 0.160 e. The van der Waals surface area contributed by atoms with Gasteiger partial charge < -0.3 is 0 Å².